The number of methoxy groups -OCH3 is 1. The number of fused-ring (bicyclic) bond motifs is 1. The Labute approximate surface area is 179 Å². The molecular formula is C25H21NO5. The van der Waals surface area contributed by atoms with Gasteiger partial charge in [-0.05, 0) is 59.9 Å². The first-order valence-corrected chi connectivity index (χ1v) is 9.92. The fraction of sp³-hybridized carbons (Fsp3) is 0.160. The molecule has 0 heterocycles. The van der Waals surface area contributed by atoms with Crippen molar-refractivity contribution in [2.24, 2.45) is 0 Å². The van der Waals surface area contributed by atoms with Gasteiger partial charge in [-0.2, -0.15) is 0 Å². The van der Waals surface area contributed by atoms with Gasteiger partial charge in [-0.3, -0.25) is 14.9 Å². The number of rotatable bonds is 6. The second-order valence-corrected chi connectivity index (χ2v) is 7.28. The number of hydrogen-bond acceptors (Lipinski definition) is 5. The molecule has 0 radical (unpaired) electrons. The minimum Gasteiger partial charge on any atom is -0.493 e. The highest BCUT2D eigenvalue weighted by molar-refractivity contribution is 6.13. The van der Waals surface area contributed by atoms with Crippen LogP contribution in [0, 0.1) is 10.1 Å². The number of nitro groups is 1. The summed E-state index contributed by atoms with van der Waals surface area (Å²) in [5.41, 5.74) is 4.36. The maximum absolute atomic E-state index is 12.8. The van der Waals surface area contributed by atoms with Gasteiger partial charge in [-0.25, -0.2) is 0 Å². The van der Waals surface area contributed by atoms with Crippen LogP contribution in [0.15, 0.2) is 72.3 Å². The maximum atomic E-state index is 12.8. The summed E-state index contributed by atoms with van der Waals surface area (Å²) >= 11 is 0. The van der Waals surface area contributed by atoms with Gasteiger partial charge in [0, 0.05) is 23.3 Å². The van der Waals surface area contributed by atoms with Gasteiger partial charge < -0.3 is 9.47 Å². The van der Waals surface area contributed by atoms with E-state index in [0.717, 1.165) is 34.2 Å². The zero-order chi connectivity index (χ0) is 21.8. The van der Waals surface area contributed by atoms with Crippen LogP contribution in [0.25, 0.3) is 6.08 Å². The molecule has 1 aliphatic carbocycles. The number of nitro benzene ring substituents is 1. The van der Waals surface area contributed by atoms with Crippen LogP contribution in [0.3, 0.4) is 0 Å². The van der Waals surface area contributed by atoms with Gasteiger partial charge in [0.05, 0.1) is 12.0 Å². The predicted octanol–water partition coefficient (Wildman–Crippen LogP) is 5.39. The topological polar surface area (TPSA) is 78.7 Å². The summed E-state index contributed by atoms with van der Waals surface area (Å²) in [4.78, 5) is 23.1. The highest BCUT2D eigenvalue weighted by atomic mass is 16.6. The zero-order valence-corrected chi connectivity index (χ0v) is 17.0. The van der Waals surface area contributed by atoms with Crippen LogP contribution in [0.1, 0.15) is 33.5 Å². The highest BCUT2D eigenvalue weighted by Crippen LogP contribution is 2.32. The summed E-state index contributed by atoms with van der Waals surface area (Å²) in [6.45, 7) is 0.254. The number of carbonyl (C=O) groups is 1. The van der Waals surface area contributed by atoms with Crippen molar-refractivity contribution in [2.75, 3.05) is 7.11 Å². The standard InChI is InChI=1S/C25H21NO5/c1-30-24-15-18(14-20-10-9-19-4-2-3-5-22(19)25(20)27)8-13-23(24)31-16-17-6-11-21(12-7-17)26(28)29/h2-8,11-15H,9-10,16H2,1H3/b20-14+. The average Bonchev–Trinajstić information content (AvgIpc) is 2.80. The Kier molecular flexibility index (Phi) is 5.80. The molecular weight excluding hydrogens is 394 g/mol. The van der Waals surface area contributed by atoms with E-state index in [1.165, 1.54) is 12.1 Å². The Balaban J connectivity index is 1.50. The molecule has 6 nitrogen and oxygen atoms in total. The van der Waals surface area contributed by atoms with E-state index in [-0.39, 0.29) is 18.1 Å². The lowest BCUT2D eigenvalue weighted by molar-refractivity contribution is -0.384. The monoisotopic (exact) mass is 415 g/mol. The van der Waals surface area contributed by atoms with Gasteiger partial charge >= 0.3 is 0 Å². The Hall–Kier alpha value is -3.93. The van der Waals surface area contributed by atoms with Crippen molar-refractivity contribution in [1.82, 2.24) is 0 Å². The molecule has 0 unspecified atom stereocenters. The molecule has 0 bridgehead atoms. The quantitative estimate of drug-likeness (QED) is 0.306. The van der Waals surface area contributed by atoms with Crippen LogP contribution < -0.4 is 9.47 Å². The lowest BCUT2D eigenvalue weighted by Gasteiger charge is -2.17. The number of hydrogen-bond donors (Lipinski definition) is 0. The van der Waals surface area contributed by atoms with Gasteiger partial charge in [0.2, 0.25) is 0 Å². The number of ketones is 1. The summed E-state index contributed by atoms with van der Waals surface area (Å²) in [6.07, 6.45) is 3.46. The SMILES string of the molecule is COc1cc(/C=C2\CCc3ccccc3C2=O)ccc1OCc1ccc([N+](=O)[O-])cc1. The first kappa shape index (κ1) is 20.3. The lowest BCUT2D eigenvalue weighted by atomic mass is 9.86. The van der Waals surface area contributed by atoms with Gasteiger partial charge in [0.15, 0.2) is 17.3 Å². The fourth-order valence-electron chi connectivity index (χ4n) is 3.62. The van der Waals surface area contributed by atoms with E-state index < -0.39 is 4.92 Å². The number of Topliss-reactive ketones (excluding diaryl/α,β-unsaturated/α-hetero) is 1. The number of nitrogens with zero attached hydrogens (tertiary/aromatic N) is 1. The highest BCUT2D eigenvalue weighted by Gasteiger charge is 2.21. The van der Waals surface area contributed by atoms with Crippen molar-refractivity contribution in [3.63, 3.8) is 0 Å². The Bertz CT molecular complexity index is 1160. The summed E-state index contributed by atoms with van der Waals surface area (Å²) in [7, 11) is 1.56. The van der Waals surface area contributed by atoms with E-state index in [1.54, 1.807) is 25.3 Å². The molecule has 1 aliphatic rings. The van der Waals surface area contributed by atoms with Crippen molar-refractivity contribution >= 4 is 17.5 Å². The molecule has 0 saturated carbocycles. The first-order chi connectivity index (χ1) is 15.0. The van der Waals surface area contributed by atoms with Crippen molar-refractivity contribution < 1.29 is 19.2 Å². The molecule has 0 fully saturated rings. The van der Waals surface area contributed by atoms with Crippen molar-refractivity contribution in [1.29, 1.82) is 0 Å². The summed E-state index contributed by atoms with van der Waals surface area (Å²) in [6, 6.07) is 19.5. The smallest absolute Gasteiger partial charge is 0.269 e. The Morgan fingerprint density at radius 3 is 2.52 bits per heavy atom. The van der Waals surface area contributed by atoms with Crippen LogP contribution in [0.2, 0.25) is 0 Å². The largest absolute Gasteiger partial charge is 0.493 e. The van der Waals surface area contributed by atoms with Crippen molar-refractivity contribution in [2.45, 2.75) is 19.4 Å². The summed E-state index contributed by atoms with van der Waals surface area (Å²) in [5, 5.41) is 10.8. The van der Waals surface area contributed by atoms with Gasteiger partial charge in [-0.1, -0.05) is 30.3 Å². The minimum absolute atomic E-state index is 0.0404. The maximum Gasteiger partial charge on any atom is 0.269 e. The molecule has 0 aromatic heterocycles. The van der Waals surface area contributed by atoms with Crippen LogP contribution >= 0.6 is 0 Å². The minimum atomic E-state index is -0.434. The van der Waals surface area contributed by atoms with Crippen LogP contribution in [0.4, 0.5) is 5.69 Å². The second kappa shape index (κ2) is 8.83. The molecule has 6 heteroatoms. The summed E-state index contributed by atoms with van der Waals surface area (Å²) < 4.78 is 11.3. The Morgan fingerprint density at radius 2 is 1.77 bits per heavy atom. The molecule has 0 spiro atoms. The van der Waals surface area contributed by atoms with Gasteiger partial charge in [0.1, 0.15) is 6.61 Å². The third-order valence-electron chi connectivity index (χ3n) is 5.29. The average molecular weight is 415 g/mol. The van der Waals surface area contributed by atoms with E-state index in [1.807, 2.05) is 42.5 Å². The van der Waals surface area contributed by atoms with Crippen molar-refractivity contribution in [3.8, 4) is 11.5 Å². The molecule has 3 aromatic rings. The second-order valence-electron chi connectivity index (χ2n) is 7.28. The molecule has 0 aliphatic heterocycles. The predicted molar refractivity (Wildman–Crippen MR) is 117 cm³/mol. The fourth-order valence-corrected chi connectivity index (χ4v) is 3.62. The lowest BCUT2D eigenvalue weighted by Crippen LogP contribution is -2.13. The number of non-ortho nitro benzene ring substituents is 1. The van der Waals surface area contributed by atoms with Crippen LogP contribution in [-0.4, -0.2) is 17.8 Å². The normalized spacial score (nSPS) is 14.2. The molecule has 156 valence electrons. The van der Waals surface area contributed by atoms with E-state index in [0.29, 0.717) is 17.9 Å². The molecule has 0 amide bonds. The van der Waals surface area contributed by atoms with E-state index >= 15 is 0 Å². The third kappa shape index (κ3) is 4.48. The number of allylic oxidation sites excluding steroid dienone is 1. The molecule has 3 aromatic carbocycles. The van der Waals surface area contributed by atoms with Crippen LogP contribution in [0.5, 0.6) is 11.5 Å². The molecule has 4 rings (SSSR count). The van der Waals surface area contributed by atoms with E-state index in [4.69, 9.17) is 9.47 Å². The molecule has 0 N–H and O–H groups in total. The Morgan fingerprint density at radius 1 is 1.00 bits per heavy atom. The number of benzene rings is 3. The number of ether oxygens (including phenoxy) is 2. The summed E-state index contributed by atoms with van der Waals surface area (Å²) in [5.74, 6) is 1.18. The molecule has 0 saturated heterocycles. The third-order valence-corrected chi connectivity index (χ3v) is 5.29. The van der Waals surface area contributed by atoms with E-state index in [2.05, 4.69) is 0 Å². The van der Waals surface area contributed by atoms with Crippen molar-refractivity contribution in [3.05, 3.63) is 105 Å². The van der Waals surface area contributed by atoms with Gasteiger partial charge in [-0.15, -0.1) is 0 Å². The number of carbonyl (C=O) groups excluding carboxylic acids is 1. The molecule has 0 atom stereocenters. The molecule has 31 heavy (non-hydrogen) atoms. The van der Waals surface area contributed by atoms with Crippen LogP contribution in [-0.2, 0) is 13.0 Å². The van der Waals surface area contributed by atoms with Gasteiger partial charge in [0.25, 0.3) is 5.69 Å². The zero-order valence-electron chi connectivity index (χ0n) is 17.0. The number of aryl methyl sites for hydroxylation is 1. The van der Waals surface area contributed by atoms with E-state index in [9.17, 15) is 14.9 Å². The first-order valence-electron chi connectivity index (χ1n) is 9.92.